The van der Waals surface area contributed by atoms with Gasteiger partial charge in [0, 0.05) is 7.05 Å². The average Bonchev–Trinajstić information content (AvgIpc) is 3.44. The van der Waals surface area contributed by atoms with E-state index in [1.54, 1.807) is 24.5 Å². The van der Waals surface area contributed by atoms with Crippen LogP contribution in [0.1, 0.15) is 5.82 Å². The highest BCUT2D eigenvalue weighted by Gasteiger charge is 2.16. The third kappa shape index (κ3) is 2.64. The topological polar surface area (TPSA) is 91.1 Å². The maximum Gasteiger partial charge on any atom is 0.277 e. The number of thioether (sulfide) groups is 1. The molecule has 0 amide bonds. The SMILES string of the molecule is Cn1c(=O)c2ccccc2n2c(CSc3nnc(-c4cccs4)o3)nnc12. The number of para-hydroxylation sites is 1. The molecule has 4 heterocycles. The van der Waals surface area contributed by atoms with Crippen molar-refractivity contribution in [1.29, 1.82) is 0 Å². The van der Waals surface area contributed by atoms with E-state index in [1.165, 1.54) is 16.3 Å². The van der Waals surface area contributed by atoms with Crippen LogP contribution < -0.4 is 5.56 Å². The van der Waals surface area contributed by atoms with E-state index in [0.29, 0.717) is 33.9 Å². The molecule has 0 N–H and O–H groups in total. The number of rotatable bonds is 4. The van der Waals surface area contributed by atoms with Crippen LogP contribution in [0.2, 0.25) is 0 Å². The fourth-order valence-corrected chi connectivity index (χ4v) is 4.20. The van der Waals surface area contributed by atoms with Crippen molar-refractivity contribution < 1.29 is 4.42 Å². The molecule has 5 aromatic rings. The van der Waals surface area contributed by atoms with Crippen molar-refractivity contribution in [2.75, 3.05) is 0 Å². The van der Waals surface area contributed by atoms with E-state index in [9.17, 15) is 4.79 Å². The molecule has 5 rings (SSSR count). The Morgan fingerprint density at radius 1 is 1.11 bits per heavy atom. The summed E-state index contributed by atoms with van der Waals surface area (Å²) in [6.07, 6.45) is 0. The summed E-state index contributed by atoms with van der Waals surface area (Å²) in [6, 6.07) is 11.3. The lowest BCUT2D eigenvalue weighted by Crippen LogP contribution is -2.20. The monoisotopic (exact) mass is 396 g/mol. The van der Waals surface area contributed by atoms with E-state index in [0.717, 1.165) is 10.4 Å². The predicted molar refractivity (Wildman–Crippen MR) is 103 cm³/mol. The number of thiophene rings is 1. The summed E-state index contributed by atoms with van der Waals surface area (Å²) >= 11 is 2.93. The van der Waals surface area contributed by atoms with Crippen molar-refractivity contribution >= 4 is 39.8 Å². The molecule has 27 heavy (non-hydrogen) atoms. The van der Waals surface area contributed by atoms with Crippen LogP contribution in [0.4, 0.5) is 0 Å². The number of benzene rings is 1. The highest BCUT2D eigenvalue weighted by atomic mass is 32.2. The molecule has 134 valence electrons. The van der Waals surface area contributed by atoms with Gasteiger partial charge >= 0.3 is 0 Å². The molecule has 0 fully saturated rings. The molecular formula is C17H12N6O2S2. The van der Waals surface area contributed by atoms with E-state index >= 15 is 0 Å². The molecule has 0 saturated heterocycles. The van der Waals surface area contributed by atoms with Gasteiger partial charge in [-0.25, -0.2) is 0 Å². The summed E-state index contributed by atoms with van der Waals surface area (Å²) in [5.74, 6) is 2.19. The van der Waals surface area contributed by atoms with Gasteiger partial charge in [0.25, 0.3) is 16.7 Å². The first-order valence-corrected chi connectivity index (χ1v) is 9.91. The molecule has 0 unspecified atom stereocenters. The van der Waals surface area contributed by atoms with E-state index in [1.807, 2.05) is 40.1 Å². The van der Waals surface area contributed by atoms with Gasteiger partial charge in [0.1, 0.15) is 5.82 Å². The molecule has 0 aliphatic heterocycles. The molecule has 10 heteroatoms. The van der Waals surface area contributed by atoms with Crippen LogP contribution >= 0.6 is 23.1 Å². The van der Waals surface area contributed by atoms with Gasteiger partial charge in [-0.05, 0) is 23.6 Å². The molecule has 4 aromatic heterocycles. The van der Waals surface area contributed by atoms with Crippen LogP contribution in [0, 0.1) is 0 Å². The van der Waals surface area contributed by atoms with E-state index in [2.05, 4.69) is 20.4 Å². The van der Waals surface area contributed by atoms with Crippen LogP contribution in [-0.4, -0.2) is 29.4 Å². The molecule has 0 saturated carbocycles. The van der Waals surface area contributed by atoms with Crippen molar-refractivity contribution in [3.8, 4) is 10.8 Å². The molecule has 0 bridgehead atoms. The predicted octanol–water partition coefficient (Wildman–Crippen LogP) is 2.99. The zero-order valence-corrected chi connectivity index (χ0v) is 15.7. The molecule has 1 aromatic carbocycles. The number of hydrogen-bond acceptors (Lipinski definition) is 8. The Morgan fingerprint density at radius 2 is 2.00 bits per heavy atom. The van der Waals surface area contributed by atoms with E-state index < -0.39 is 0 Å². The summed E-state index contributed by atoms with van der Waals surface area (Å²) in [6.45, 7) is 0. The molecule has 0 aliphatic rings. The smallest absolute Gasteiger partial charge is 0.277 e. The Kier molecular flexibility index (Phi) is 3.80. The lowest BCUT2D eigenvalue weighted by atomic mass is 10.2. The minimum Gasteiger partial charge on any atom is -0.410 e. The third-order valence-corrected chi connectivity index (χ3v) is 5.83. The number of aryl methyl sites for hydroxylation is 1. The first-order chi connectivity index (χ1) is 13.2. The van der Waals surface area contributed by atoms with Crippen molar-refractivity contribution in [3.63, 3.8) is 0 Å². The molecule has 0 spiro atoms. The van der Waals surface area contributed by atoms with Gasteiger partial charge < -0.3 is 4.42 Å². The number of fused-ring (bicyclic) bond motifs is 3. The van der Waals surface area contributed by atoms with Gasteiger partial charge in [0.2, 0.25) is 5.78 Å². The lowest BCUT2D eigenvalue weighted by Gasteiger charge is -2.07. The van der Waals surface area contributed by atoms with Crippen LogP contribution in [-0.2, 0) is 12.8 Å². The molecule has 0 aliphatic carbocycles. The van der Waals surface area contributed by atoms with Gasteiger partial charge in [-0.3, -0.25) is 13.8 Å². The minimum atomic E-state index is -0.0952. The highest BCUT2D eigenvalue weighted by molar-refractivity contribution is 7.98. The first-order valence-electron chi connectivity index (χ1n) is 8.04. The number of aromatic nitrogens is 6. The van der Waals surface area contributed by atoms with Gasteiger partial charge in [0.15, 0.2) is 0 Å². The summed E-state index contributed by atoms with van der Waals surface area (Å²) < 4.78 is 9.10. The van der Waals surface area contributed by atoms with E-state index in [4.69, 9.17) is 4.42 Å². The fraction of sp³-hybridized carbons (Fsp3) is 0.118. The van der Waals surface area contributed by atoms with Crippen molar-refractivity contribution in [1.82, 2.24) is 29.4 Å². The summed E-state index contributed by atoms with van der Waals surface area (Å²) in [4.78, 5) is 13.4. The standard InChI is InChI=1S/C17H12N6O2S2/c1-22-15(24)10-5-2-3-6-11(10)23-13(18-20-16(22)23)9-27-17-21-19-14(25-17)12-7-4-8-26-12/h2-8H,9H2,1H3. The van der Waals surface area contributed by atoms with Gasteiger partial charge in [-0.15, -0.1) is 31.7 Å². The maximum absolute atomic E-state index is 12.5. The molecular weight excluding hydrogens is 384 g/mol. The maximum atomic E-state index is 12.5. The minimum absolute atomic E-state index is 0.0952. The lowest BCUT2D eigenvalue weighted by molar-refractivity contribution is 0.466. The Bertz CT molecular complexity index is 1320. The molecule has 8 nitrogen and oxygen atoms in total. The summed E-state index contributed by atoms with van der Waals surface area (Å²) in [7, 11) is 1.70. The quantitative estimate of drug-likeness (QED) is 0.431. The highest BCUT2D eigenvalue weighted by Crippen LogP contribution is 2.28. The third-order valence-electron chi connectivity index (χ3n) is 4.16. The summed E-state index contributed by atoms with van der Waals surface area (Å²) in [5.41, 5.74) is 0.684. The largest absolute Gasteiger partial charge is 0.410 e. The summed E-state index contributed by atoms with van der Waals surface area (Å²) in [5, 5.41) is 19.7. The van der Waals surface area contributed by atoms with Crippen LogP contribution in [0.3, 0.4) is 0 Å². The second-order valence-electron chi connectivity index (χ2n) is 5.77. The Balaban J connectivity index is 1.52. The normalized spacial score (nSPS) is 11.6. The van der Waals surface area contributed by atoms with Crippen molar-refractivity contribution in [3.05, 3.63) is 58.0 Å². The molecule has 0 atom stereocenters. The Labute approximate surface area is 160 Å². The second-order valence-corrected chi connectivity index (χ2v) is 7.65. The van der Waals surface area contributed by atoms with Crippen LogP contribution in [0.5, 0.6) is 0 Å². The van der Waals surface area contributed by atoms with Gasteiger partial charge in [-0.1, -0.05) is 30.0 Å². The van der Waals surface area contributed by atoms with Crippen LogP contribution in [0.15, 0.2) is 56.2 Å². The van der Waals surface area contributed by atoms with E-state index in [-0.39, 0.29) is 5.56 Å². The Hall–Kier alpha value is -2.98. The van der Waals surface area contributed by atoms with Crippen molar-refractivity contribution in [2.45, 2.75) is 11.0 Å². The fourth-order valence-electron chi connectivity index (χ4n) is 2.88. The van der Waals surface area contributed by atoms with Crippen molar-refractivity contribution in [2.24, 2.45) is 7.05 Å². The number of nitrogens with zero attached hydrogens (tertiary/aromatic N) is 6. The average molecular weight is 396 g/mol. The zero-order valence-electron chi connectivity index (χ0n) is 14.1. The second kappa shape index (κ2) is 6.32. The molecule has 0 radical (unpaired) electrons. The van der Waals surface area contributed by atoms with Crippen LogP contribution in [0.25, 0.3) is 27.4 Å². The van der Waals surface area contributed by atoms with Gasteiger partial charge in [-0.2, -0.15) is 0 Å². The first kappa shape index (κ1) is 16.2. The number of hydrogen-bond donors (Lipinski definition) is 0. The Morgan fingerprint density at radius 3 is 2.85 bits per heavy atom. The zero-order chi connectivity index (χ0) is 18.4. The van der Waals surface area contributed by atoms with Gasteiger partial charge in [0.05, 0.1) is 21.5 Å².